The third-order valence-electron chi connectivity index (χ3n) is 7.64. The number of esters is 2. The molecule has 0 radical (unpaired) electrons. The largest absolute Gasteiger partial charge is 0.459 e. The second-order valence-electron chi connectivity index (χ2n) is 10.3. The number of rotatable bonds is 12. The fourth-order valence-electron chi connectivity index (χ4n) is 6.43. The van der Waals surface area contributed by atoms with Crippen molar-refractivity contribution in [1.82, 2.24) is 0 Å². The van der Waals surface area contributed by atoms with Gasteiger partial charge in [0.15, 0.2) is 0 Å². The first-order valence-electron chi connectivity index (χ1n) is 11.9. The van der Waals surface area contributed by atoms with Crippen LogP contribution in [0.15, 0.2) is 29.2 Å². The zero-order valence-electron chi connectivity index (χ0n) is 20.1. The highest BCUT2D eigenvalue weighted by Crippen LogP contribution is 2.64. The van der Waals surface area contributed by atoms with Crippen molar-refractivity contribution in [3.63, 3.8) is 0 Å². The van der Waals surface area contributed by atoms with E-state index in [0.29, 0.717) is 17.9 Å². The van der Waals surface area contributed by atoms with Crippen molar-refractivity contribution < 1.29 is 33.3 Å². The molecule has 5 rings (SSSR count). The molecule has 0 heterocycles. The lowest BCUT2D eigenvalue weighted by atomic mass is 9.46. The molecule has 0 atom stereocenters. The molecule has 0 unspecified atom stereocenters. The zero-order valence-corrected chi connectivity index (χ0v) is 21.7. The summed E-state index contributed by atoms with van der Waals surface area (Å²) in [5, 5.41) is 4.20. The summed E-state index contributed by atoms with van der Waals surface area (Å²) >= 11 is 2.36. The van der Waals surface area contributed by atoms with E-state index in [0.717, 1.165) is 34.7 Å². The second kappa shape index (κ2) is 11.2. The lowest BCUT2D eigenvalue weighted by Gasteiger charge is -2.61. The summed E-state index contributed by atoms with van der Waals surface area (Å²) in [6.45, 7) is 4.28. The molecule has 4 fully saturated rings. The summed E-state index contributed by atoms with van der Waals surface area (Å²) in [4.78, 5) is 29.7. The van der Waals surface area contributed by atoms with Gasteiger partial charge in [0.1, 0.15) is 17.1 Å². The highest BCUT2D eigenvalue weighted by Gasteiger charge is 2.58. The lowest BCUT2D eigenvalue weighted by molar-refractivity contribution is -0.447. The number of ether oxygens (including phenoxy) is 2. The summed E-state index contributed by atoms with van der Waals surface area (Å²) in [5.41, 5.74) is -0.242. The van der Waals surface area contributed by atoms with Crippen LogP contribution in [0.1, 0.15) is 58.8 Å². The van der Waals surface area contributed by atoms with Crippen molar-refractivity contribution in [2.45, 2.75) is 69.3 Å². The first-order valence-corrected chi connectivity index (χ1v) is 13.8. The van der Waals surface area contributed by atoms with Gasteiger partial charge < -0.3 is 9.47 Å². The topological polar surface area (TPSA) is 80.3 Å². The van der Waals surface area contributed by atoms with Gasteiger partial charge in [-0.3, -0.25) is 9.59 Å². The van der Waals surface area contributed by atoms with Crippen molar-refractivity contribution in [2.24, 2.45) is 23.2 Å². The molecule has 1 aromatic rings. The van der Waals surface area contributed by atoms with E-state index in [9.17, 15) is 9.59 Å². The SMILES string of the molecule is COOOSCC(=O)Oc1ccc(SCCC(=O)OC(C)(C)C23CC4CC(CC(C4)C2)C3)cc1. The van der Waals surface area contributed by atoms with Crippen LogP contribution in [0, 0.1) is 23.2 Å². The molecule has 0 N–H and O–H groups in total. The Labute approximate surface area is 210 Å². The van der Waals surface area contributed by atoms with Gasteiger partial charge in [-0.1, -0.05) is 5.04 Å². The van der Waals surface area contributed by atoms with Gasteiger partial charge >= 0.3 is 11.9 Å². The molecule has 4 aliphatic carbocycles. The maximum atomic E-state index is 12.7. The van der Waals surface area contributed by atoms with Gasteiger partial charge in [0, 0.05) is 28.1 Å². The van der Waals surface area contributed by atoms with Crippen LogP contribution in [0.2, 0.25) is 0 Å². The van der Waals surface area contributed by atoms with E-state index in [2.05, 4.69) is 28.1 Å². The van der Waals surface area contributed by atoms with Gasteiger partial charge in [-0.25, -0.2) is 4.89 Å². The molecule has 7 nitrogen and oxygen atoms in total. The molecule has 0 aliphatic heterocycles. The van der Waals surface area contributed by atoms with Gasteiger partial charge in [0.25, 0.3) is 0 Å². The molecular weight excluding hydrogens is 476 g/mol. The average Bonchev–Trinajstić information content (AvgIpc) is 2.77. The van der Waals surface area contributed by atoms with E-state index in [1.807, 2.05) is 12.1 Å². The molecule has 34 heavy (non-hydrogen) atoms. The van der Waals surface area contributed by atoms with Crippen LogP contribution in [-0.4, -0.2) is 36.2 Å². The van der Waals surface area contributed by atoms with Gasteiger partial charge in [-0.2, -0.15) is 0 Å². The fraction of sp³-hybridized carbons (Fsp3) is 0.680. The van der Waals surface area contributed by atoms with Crippen LogP contribution >= 0.6 is 23.8 Å². The molecule has 9 heteroatoms. The molecule has 188 valence electrons. The maximum absolute atomic E-state index is 12.7. The molecule has 0 aromatic heterocycles. The smallest absolute Gasteiger partial charge is 0.323 e. The van der Waals surface area contributed by atoms with E-state index in [-0.39, 0.29) is 17.1 Å². The number of carbonyl (C=O) groups excluding carboxylic acids is 2. The van der Waals surface area contributed by atoms with Gasteiger partial charge in [0.2, 0.25) is 0 Å². The Balaban J connectivity index is 1.19. The highest BCUT2D eigenvalue weighted by atomic mass is 32.2. The van der Waals surface area contributed by atoms with Gasteiger partial charge in [-0.15, -0.1) is 16.1 Å². The quantitative estimate of drug-likeness (QED) is 0.0662. The van der Waals surface area contributed by atoms with E-state index < -0.39 is 11.6 Å². The summed E-state index contributed by atoms with van der Waals surface area (Å²) in [7, 11) is 1.30. The Bertz CT molecular complexity index is 820. The molecule has 4 bridgehead atoms. The Kier molecular flexibility index (Phi) is 8.51. The van der Waals surface area contributed by atoms with Crippen molar-refractivity contribution in [2.75, 3.05) is 18.6 Å². The lowest BCUT2D eigenvalue weighted by Crippen LogP contribution is -2.57. The average molecular weight is 511 g/mol. The highest BCUT2D eigenvalue weighted by molar-refractivity contribution is 7.99. The minimum Gasteiger partial charge on any atom is -0.459 e. The molecule has 0 amide bonds. The van der Waals surface area contributed by atoms with Crippen molar-refractivity contribution >= 4 is 35.7 Å². The minimum absolute atomic E-state index is 0.0401. The molecular formula is C25H34O7S2. The number of benzene rings is 1. The predicted octanol–water partition coefficient (Wildman–Crippen LogP) is 5.77. The fourth-order valence-corrected chi connectivity index (χ4v) is 7.56. The van der Waals surface area contributed by atoms with E-state index in [1.165, 1.54) is 45.6 Å². The first kappa shape index (κ1) is 25.8. The van der Waals surface area contributed by atoms with Crippen LogP contribution in [0.4, 0.5) is 0 Å². The number of thioether (sulfide) groups is 1. The number of carbonyl (C=O) groups is 2. The van der Waals surface area contributed by atoms with E-state index in [1.54, 1.807) is 23.9 Å². The summed E-state index contributed by atoms with van der Waals surface area (Å²) < 4.78 is 15.9. The van der Waals surface area contributed by atoms with Crippen molar-refractivity contribution in [3.8, 4) is 5.75 Å². The summed E-state index contributed by atoms with van der Waals surface area (Å²) in [6.07, 6.45) is 8.18. The molecule has 0 spiro atoms. The van der Waals surface area contributed by atoms with Crippen LogP contribution in [0.25, 0.3) is 0 Å². The summed E-state index contributed by atoms with van der Waals surface area (Å²) in [6, 6.07) is 7.20. The van der Waals surface area contributed by atoms with Crippen LogP contribution in [0.3, 0.4) is 0 Å². The normalized spacial score (nSPS) is 27.6. The van der Waals surface area contributed by atoms with E-state index in [4.69, 9.17) is 9.47 Å². The van der Waals surface area contributed by atoms with E-state index >= 15 is 0 Å². The Morgan fingerprint density at radius 1 is 1.00 bits per heavy atom. The van der Waals surface area contributed by atoms with Crippen LogP contribution in [-0.2, 0) is 28.6 Å². The Hall–Kier alpha value is -1.26. The Morgan fingerprint density at radius 2 is 1.62 bits per heavy atom. The van der Waals surface area contributed by atoms with Crippen molar-refractivity contribution in [1.29, 1.82) is 0 Å². The molecule has 4 saturated carbocycles. The van der Waals surface area contributed by atoms with Crippen molar-refractivity contribution in [3.05, 3.63) is 24.3 Å². The third kappa shape index (κ3) is 6.29. The third-order valence-corrected chi connectivity index (χ3v) is 9.15. The number of hydrogen-bond acceptors (Lipinski definition) is 9. The van der Waals surface area contributed by atoms with Gasteiger partial charge in [-0.05, 0) is 94.4 Å². The van der Waals surface area contributed by atoms with Gasteiger partial charge in [0.05, 0.1) is 13.5 Å². The number of hydrogen-bond donors (Lipinski definition) is 0. The zero-order chi connectivity index (χ0) is 24.2. The molecule has 4 aliphatic rings. The minimum atomic E-state index is -0.463. The molecule has 1 aromatic carbocycles. The standard InChI is InChI=1S/C25H34O7S2/c1-24(2,25-13-17-10-18(14-25)12-19(11-17)15-25)30-22(26)8-9-33-21-6-4-20(5-7-21)29-23(27)16-34-32-31-28-3/h4-7,17-19H,8-16H2,1-3H3. The molecule has 0 saturated heterocycles. The summed E-state index contributed by atoms with van der Waals surface area (Å²) in [5.74, 6) is 2.96. The Morgan fingerprint density at radius 3 is 2.21 bits per heavy atom. The second-order valence-corrected chi connectivity index (χ2v) is 12.1. The monoisotopic (exact) mass is 510 g/mol. The first-order chi connectivity index (χ1) is 16.3. The van der Waals surface area contributed by atoms with Crippen LogP contribution in [0.5, 0.6) is 5.75 Å². The predicted molar refractivity (Wildman–Crippen MR) is 130 cm³/mol. The maximum Gasteiger partial charge on any atom is 0.323 e. The van der Waals surface area contributed by atoms with Crippen LogP contribution < -0.4 is 4.74 Å².